The summed E-state index contributed by atoms with van der Waals surface area (Å²) < 4.78 is 2.18. The predicted octanol–water partition coefficient (Wildman–Crippen LogP) is 3.48. The molecule has 1 unspecified atom stereocenters. The normalized spacial score (nSPS) is 12.6. The van der Waals surface area contributed by atoms with Gasteiger partial charge in [0.05, 0.1) is 6.33 Å². The monoisotopic (exact) mass is 275 g/mol. The molecule has 1 N–H and O–H groups in total. The number of nitrogens with one attached hydrogen (secondary N) is 1. The van der Waals surface area contributed by atoms with Crippen LogP contribution in [0.5, 0.6) is 0 Å². The van der Waals surface area contributed by atoms with Crippen LogP contribution in [0.25, 0.3) is 0 Å². The molecule has 0 bridgehead atoms. The molecule has 1 aromatic heterocycles. The maximum atomic E-state index is 4.19. The van der Waals surface area contributed by atoms with E-state index in [4.69, 9.17) is 0 Å². The summed E-state index contributed by atoms with van der Waals surface area (Å²) >= 11 is 1.85. The number of aryl methyl sites for hydroxylation is 1. The van der Waals surface area contributed by atoms with E-state index in [9.17, 15) is 0 Å². The van der Waals surface area contributed by atoms with E-state index in [2.05, 4.69) is 53.0 Å². The van der Waals surface area contributed by atoms with E-state index < -0.39 is 0 Å². The Morgan fingerprint density at radius 3 is 2.68 bits per heavy atom. The molecule has 0 fully saturated rings. The highest BCUT2D eigenvalue weighted by Gasteiger charge is 2.04. The lowest BCUT2D eigenvalue weighted by molar-refractivity contribution is 0.652. The number of aromatic nitrogens is 2. The molecule has 102 valence electrons. The Morgan fingerprint density at radius 2 is 2.05 bits per heavy atom. The van der Waals surface area contributed by atoms with E-state index in [-0.39, 0.29) is 0 Å². The van der Waals surface area contributed by atoms with Gasteiger partial charge in [-0.2, -0.15) is 0 Å². The largest absolute Gasteiger partial charge is 0.334 e. The summed E-state index contributed by atoms with van der Waals surface area (Å²) in [4.78, 5) is 5.50. The summed E-state index contributed by atoms with van der Waals surface area (Å²) in [6.07, 6.45) is 3.85. The Balaban J connectivity index is 1.96. The van der Waals surface area contributed by atoms with Crippen molar-refractivity contribution in [2.24, 2.45) is 0 Å². The number of benzene rings is 1. The second-order valence-electron chi connectivity index (χ2n) is 4.54. The van der Waals surface area contributed by atoms with E-state index in [1.807, 2.05) is 31.3 Å². The van der Waals surface area contributed by atoms with Crippen LogP contribution in [0.4, 0.5) is 0 Å². The van der Waals surface area contributed by atoms with Crippen LogP contribution in [0.15, 0.2) is 41.7 Å². The van der Waals surface area contributed by atoms with Crippen molar-refractivity contribution in [2.45, 2.75) is 37.1 Å². The Hall–Kier alpha value is -1.26. The summed E-state index contributed by atoms with van der Waals surface area (Å²) in [6, 6.07) is 9.18. The fraction of sp³-hybridized carbons (Fsp3) is 0.400. The SMILES string of the molecule is CCn1cncc1CSc1ccc(C(C)NC)cc1. The van der Waals surface area contributed by atoms with Crippen LogP contribution < -0.4 is 5.32 Å². The molecular formula is C15H21N3S. The molecule has 0 saturated heterocycles. The van der Waals surface area contributed by atoms with Crippen LogP contribution in [0.3, 0.4) is 0 Å². The quantitative estimate of drug-likeness (QED) is 0.819. The maximum absolute atomic E-state index is 4.19. The van der Waals surface area contributed by atoms with Gasteiger partial charge >= 0.3 is 0 Å². The molecule has 2 rings (SSSR count). The van der Waals surface area contributed by atoms with Crippen molar-refractivity contribution >= 4 is 11.8 Å². The second-order valence-corrected chi connectivity index (χ2v) is 5.59. The smallest absolute Gasteiger partial charge is 0.0948 e. The lowest BCUT2D eigenvalue weighted by Crippen LogP contribution is -2.11. The Labute approximate surface area is 119 Å². The van der Waals surface area contributed by atoms with Crippen molar-refractivity contribution in [2.75, 3.05) is 7.05 Å². The third-order valence-electron chi connectivity index (χ3n) is 3.34. The molecule has 4 heteroatoms. The fourth-order valence-corrected chi connectivity index (χ4v) is 2.81. The van der Waals surface area contributed by atoms with Crippen LogP contribution in [-0.2, 0) is 12.3 Å². The number of hydrogen-bond acceptors (Lipinski definition) is 3. The molecule has 19 heavy (non-hydrogen) atoms. The van der Waals surface area contributed by atoms with Gasteiger partial charge < -0.3 is 9.88 Å². The lowest BCUT2D eigenvalue weighted by Gasteiger charge is -2.11. The molecule has 0 aliphatic rings. The molecule has 0 aliphatic carbocycles. The molecule has 1 atom stereocenters. The number of thioether (sulfide) groups is 1. The number of imidazole rings is 1. The first-order valence-corrected chi connectivity index (χ1v) is 7.62. The molecule has 0 saturated carbocycles. The van der Waals surface area contributed by atoms with E-state index in [1.165, 1.54) is 16.2 Å². The highest BCUT2D eigenvalue weighted by molar-refractivity contribution is 7.98. The van der Waals surface area contributed by atoms with Gasteiger partial charge in [0.2, 0.25) is 0 Å². The number of nitrogens with zero attached hydrogens (tertiary/aromatic N) is 2. The van der Waals surface area contributed by atoms with Crippen molar-refractivity contribution < 1.29 is 0 Å². The van der Waals surface area contributed by atoms with Gasteiger partial charge in [-0.05, 0) is 38.6 Å². The van der Waals surface area contributed by atoms with Crippen LogP contribution in [0, 0.1) is 0 Å². The second kappa shape index (κ2) is 6.78. The van der Waals surface area contributed by atoms with Gasteiger partial charge in [-0.15, -0.1) is 11.8 Å². The maximum Gasteiger partial charge on any atom is 0.0948 e. The van der Waals surface area contributed by atoms with Crippen molar-refractivity contribution in [3.63, 3.8) is 0 Å². The minimum atomic E-state index is 0.403. The first-order valence-electron chi connectivity index (χ1n) is 6.63. The Bertz CT molecular complexity index is 504. The highest BCUT2D eigenvalue weighted by atomic mass is 32.2. The third-order valence-corrected chi connectivity index (χ3v) is 4.38. The highest BCUT2D eigenvalue weighted by Crippen LogP contribution is 2.24. The van der Waals surface area contributed by atoms with Gasteiger partial charge in [0.1, 0.15) is 0 Å². The van der Waals surface area contributed by atoms with Gasteiger partial charge in [-0.1, -0.05) is 12.1 Å². The predicted molar refractivity (Wildman–Crippen MR) is 81.4 cm³/mol. The van der Waals surface area contributed by atoms with Crippen LogP contribution in [0.1, 0.15) is 31.1 Å². The zero-order valence-electron chi connectivity index (χ0n) is 11.8. The van der Waals surface area contributed by atoms with Gasteiger partial charge in [0.25, 0.3) is 0 Å². The summed E-state index contributed by atoms with van der Waals surface area (Å²) in [5.41, 5.74) is 2.60. The summed E-state index contributed by atoms with van der Waals surface area (Å²) in [6.45, 7) is 5.29. The third kappa shape index (κ3) is 3.61. The first kappa shape index (κ1) is 14.2. The van der Waals surface area contributed by atoms with Gasteiger partial charge in [0, 0.05) is 35.1 Å². The zero-order chi connectivity index (χ0) is 13.7. The minimum absolute atomic E-state index is 0.403. The van der Waals surface area contributed by atoms with Crippen LogP contribution in [0.2, 0.25) is 0 Å². The van der Waals surface area contributed by atoms with E-state index in [0.717, 1.165) is 12.3 Å². The molecule has 1 heterocycles. The molecule has 0 aliphatic heterocycles. The molecule has 0 spiro atoms. The first-order chi connectivity index (χ1) is 9.24. The zero-order valence-corrected chi connectivity index (χ0v) is 12.6. The molecule has 3 nitrogen and oxygen atoms in total. The van der Waals surface area contributed by atoms with Gasteiger partial charge in [-0.3, -0.25) is 0 Å². The molecule has 1 aromatic carbocycles. The molecular weight excluding hydrogens is 254 g/mol. The molecule has 2 aromatic rings. The Morgan fingerprint density at radius 1 is 1.32 bits per heavy atom. The van der Waals surface area contributed by atoms with Gasteiger partial charge in [-0.25, -0.2) is 4.98 Å². The number of rotatable bonds is 6. The van der Waals surface area contributed by atoms with E-state index >= 15 is 0 Å². The van der Waals surface area contributed by atoms with Crippen molar-refractivity contribution in [1.82, 2.24) is 14.9 Å². The molecule has 0 radical (unpaired) electrons. The van der Waals surface area contributed by atoms with Crippen molar-refractivity contribution in [3.05, 3.63) is 48.0 Å². The van der Waals surface area contributed by atoms with Crippen molar-refractivity contribution in [1.29, 1.82) is 0 Å². The minimum Gasteiger partial charge on any atom is -0.334 e. The average Bonchev–Trinajstić information content (AvgIpc) is 2.92. The summed E-state index contributed by atoms with van der Waals surface area (Å²) in [5.74, 6) is 0.967. The fourth-order valence-electron chi connectivity index (χ4n) is 1.93. The topological polar surface area (TPSA) is 29.9 Å². The Kier molecular flexibility index (Phi) is 5.05. The average molecular weight is 275 g/mol. The van der Waals surface area contributed by atoms with Crippen molar-refractivity contribution in [3.8, 4) is 0 Å². The van der Waals surface area contributed by atoms with Crippen LogP contribution in [-0.4, -0.2) is 16.6 Å². The lowest BCUT2D eigenvalue weighted by atomic mass is 10.1. The summed E-state index contributed by atoms with van der Waals surface area (Å²) in [7, 11) is 1.99. The summed E-state index contributed by atoms with van der Waals surface area (Å²) in [5, 5.41) is 3.25. The molecule has 0 amide bonds. The standard InChI is InChI=1S/C15H21N3S/c1-4-18-11-17-9-14(18)10-19-15-7-5-13(6-8-15)12(2)16-3/h5-9,11-12,16H,4,10H2,1-3H3. The van der Waals surface area contributed by atoms with E-state index in [1.54, 1.807) is 0 Å². The van der Waals surface area contributed by atoms with Crippen LogP contribution >= 0.6 is 11.8 Å². The number of hydrogen-bond donors (Lipinski definition) is 1. The van der Waals surface area contributed by atoms with E-state index in [0.29, 0.717) is 6.04 Å². The van der Waals surface area contributed by atoms with Gasteiger partial charge in [0.15, 0.2) is 0 Å².